The summed E-state index contributed by atoms with van der Waals surface area (Å²) in [6.45, 7) is 1.45. The predicted octanol–water partition coefficient (Wildman–Crippen LogP) is 0.683. The van der Waals surface area contributed by atoms with Gasteiger partial charge in [-0.2, -0.15) is 23.4 Å². The molecule has 0 bridgehead atoms. The molecular weight excluding hydrogens is 343 g/mol. The standard InChI is InChI=1S/C13H14F3N7O2/c1-6(10-17-5-22(21-10)4-13(14,15)16)23-11-9(8(3-24)20-23)12(25)19-7(2)18-11/h5-6,24H,3-4H2,1-2H3,(H,18,19,25)/t6-/m0/s1. The minimum atomic E-state index is -4.41. The van der Waals surface area contributed by atoms with E-state index < -0.39 is 30.9 Å². The number of H-pyrrole nitrogens is 1. The van der Waals surface area contributed by atoms with Gasteiger partial charge in [0.15, 0.2) is 11.5 Å². The minimum Gasteiger partial charge on any atom is -0.390 e. The van der Waals surface area contributed by atoms with Gasteiger partial charge in [-0.15, -0.1) is 0 Å². The van der Waals surface area contributed by atoms with Crippen LogP contribution in [0.4, 0.5) is 13.2 Å². The Hall–Kier alpha value is -2.76. The van der Waals surface area contributed by atoms with Crippen LogP contribution >= 0.6 is 0 Å². The third kappa shape index (κ3) is 3.24. The van der Waals surface area contributed by atoms with Crippen molar-refractivity contribution in [1.29, 1.82) is 0 Å². The first-order valence-corrected chi connectivity index (χ1v) is 7.24. The largest absolute Gasteiger partial charge is 0.408 e. The highest BCUT2D eigenvalue weighted by atomic mass is 19.4. The van der Waals surface area contributed by atoms with Gasteiger partial charge in [0.05, 0.1) is 6.61 Å². The summed E-state index contributed by atoms with van der Waals surface area (Å²) in [6.07, 6.45) is -3.44. The Labute approximate surface area is 138 Å². The molecule has 1 atom stereocenters. The Kier molecular flexibility index (Phi) is 4.06. The van der Waals surface area contributed by atoms with Gasteiger partial charge in [-0.05, 0) is 13.8 Å². The van der Waals surface area contributed by atoms with E-state index in [1.54, 1.807) is 13.8 Å². The average molecular weight is 357 g/mol. The van der Waals surface area contributed by atoms with Gasteiger partial charge in [-0.3, -0.25) is 4.79 Å². The van der Waals surface area contributed by atoms with Crippen LogP contribution in [0, 0.1) is 6.92 Å². The lowest BCUT2D eigenvalue weighted by Gasteiger charge is -2.09. The summed E-state index contributed by atoms with van der Waals surface area (Å²) in [5.74, 6) is 0.420. The molecule has 3 rings (SSSR count). The van der Waals surface area contributed by atoms with Crippen molar-refractivity contribution < 1.29 is 18.3 Å². The van der Waals surface area contributed by atoms with Gasteiger partial charge in [0, 0.05) is 0 Å². The maximum absolute atomic E-state index is 12.4. The molecule has 0 aliphatic carbocycles. The normalized spacial score (nSPS) is 13.5. The summed E-state index contributed by atoms with van der Waals surface area (Å²) in [5.41, 5.74) is -0.143. The molecule has 0 unspecified atom stereocenters. The fraction of sp³-hybridized carbons (Fsp3) is 0.462. The van der Waals surface area contributed by atoms with Crippen molar-refractivity contribution in [3.63, 3.8) is 0 Å². The Morgan fingerprint density at radius 2 is 2.08 bits per heavy atom. The van der Waals surface area contributed by atoms with Crippen LogP contribution in [0.25, 0.3) is 11.0 Å². The first kappa shape index (κ1) is 17.1. The van der Waals surface area contributed by atoms with Crippen LogP contribution in [-0.4, -0.2) is 45.8 Å². The van der Waals surface area contributed by atoms with Gasteiger partial charge in [-0.1, -0.05) is 0 Å². The maximum Gasteiger partial charge on any atom is 0.408 e. The minimum absolute atomic E-state index is 0.0814. The number of aliphatic hydroxyl groups is 1. The number of alkyl halides is 3. The molecule has 2 N–H and O–H groups in total. The molecule has 0 aromatic carbocycles. The van der Waals surface area contributed by atoms with Crippen molar-refractivity contribution in [2.45, 2.75) is 39.2 Å². The van der Waals surface area contributed by atoms with Crippen LogP contribution in [0.15, 0.2) is 11.1 Å². The summed E-state index contributed by atoms with van der Waals surface area (Å²) in [7, 11) is 0. The molecule has 0 aliphatic rings. The van der Waals surface area contributed by atoms with E-state index in [-0.39, 0.29) is 22.6 Å². The fourth-order valence-corrected chi connectivity index (χ4v) is 2.47. The lowest BCUT2D eigenvalue weighted by Crippen LogP contribution is -2.19. The Balaban J connectivity index is 2.06. The molecule has 0 aliphatic heterocycles. The number of halogens is 3. The highest BCUT2D eigenvalue weighted by Crippen LogP contribution is 2.22. The third-order valence-electron chi connectivity index (χ3n) is 3.54. The van der Waals surface area contributed by atoms with Gasteiger partial charge in [0.25, 0.3) is 5.56 Å². The van der Waals surface area contributed by atoms with Crippen LogP contribution in [0.2, 0.25) is 0 Å². The molecule has 0 amide bonds. The molecule has 134 valence electrons. The zero-order valence-electron chi connectivity index (χ0n) is 13.2. The molecule has 12 heteroatoms. The summed E-state index contributed by atoms with van der Waals surface area (Å²) < 4.78 is 39.3. The summed E-state index contributed by atoms with van der Waals surface area (Å²) in [5, 5.41) is 17.5. The van der Waals surface area contributed by atoms with Crippen LogP contribution in [0.1, 0.15) is 30.3 Å². The number of rotatable bonds is 4. The van der Waals surface area contributed by atoms with Crippen LogP contribution in [0.5, 0.6) is 0 Å². The van der Waals surface area contributed by atoms with E-state index in [4.69, 9.17) is 0 Å². The number of hydrogen-bond acceptors (Lipinski definition) is 6. The number of fused-ring (bicyclic) bond motifs is 1. The monoisotopic (exact) mass is 357 g/mol. The van der Waals surface area contributed by atoms with Crippen LogP contribution in [-0.2, 0) is 13.2 Å². The highest BCUT2D eigenvalue weighted by molar-refractivity contribution is 5.77. The molecule has 3 aromatic rings. The Morgan fingerprint density at radius 3 is 2.72 bits per heavy atom. The molecule has 0 saturated heterocycles. The molecule has 0 spiro atoms. The van der Waals surface area contributed by atoms with E-state index in [0.717, 1.165) is 6.33 Å². The molecule has 0 fully saturated rings. The second-order valence-corrected chi connectivity index (χ2v) is 5.49. The first-order valence-electron chi connectivity index (χ1n) is 7.24. The van der Waals surface area contributed by atoms with Gasteiger partial charge >= 0.3 is 6.18 Å². The van der Waals surface area contributed by atoms with Crippen molar-refractivity contribution in [2.24, 2.45) is 0 Å². The number of aromatic nitrogens is 7. The Bertz CT molecular complexity index is 972. The summed E-state index contributed by atoms with van der Waals surface area (Å²) in [6, 6.07) is -0.689. The lowest BCUT2D eigenvalue weighted by atomic mass is 10.3. The second-order valence-electron chi connectivity index (χ2n) is 5.49. The zero-order chi connectivity index (χ0) is 18.4. The van der Waals surface area contributed by atoms with E-state index in [1.807, 2.05) is 0 Å². The summed E-state index contributed by atoms with van der Waals surface area (Å²) in [4.78, 5) is 22.7. The molecular formula is C13H14F3N7O2. The number of nitrogens with one attached hydrogen (secondary N) is 1. The first-order chi connectivity index (χ1) is 11.7. The molecule has 3 heterocycles. The zero-order valence-corrected chi connectivity index (χ0v) is 13.2. The van der Waals surface area contributed by atoms with Gasteiger partial charge in [0.1, 0.15) is 35.8 Å². The van der Waals surface area contributed by atoms with E-state index in [9.17, 15) is 23.1 Å². The van der Waals surface area contributed by atoms with Crippen molar-refractivity contribution >= 4 is 11.0 Å². The number of aryl methyl sites for hydroxylation is 1. The molecule has 25 heavy (non-hydrogen) atoms. The molecule has 0 radical (unpaired) electrons. The van der Waals surface area contributed by atoms with Crippen LogP contribution < -0.4 is 5.56 Å². The van der Waals surface area contributed by atoms with Crippen molar-refractivity contribution in [1.82, 2.24) is 34.5 Å². The quantitative estimate of drug-likeness (QED) is 0.710. The maximum atomic E-state index is 12.4. The smallest absolute Gasteiger partial charge is 0.390 e. The second kappa shape index (κ2) is 5.95. The van der Waals surface area contributed by atoms with E-state index in [2.05, 4.69) is 25.1 Å². The van der Waals surface area contributed by atoms with Crippen LogP contribution in [0.3, 0.4) is 0 Å². The highest BCUT2D eigenvalue weighted by Gasteiger charge is 2.29. The fourth-order valence-electron chi connectivity index (χ4n) is 2.47. The Morgan fingerprint density at radius 1 is 1.36 bits per heavy atom. The van der Waals surface area contributed by atoms with E-state index in [0.29, 0.717) is 10.5 Å². The summed E-state index contributed by atoms with van der Waals surface area (Å²) >= 11 is 0. The molecule has 9 nitrogen and oxygen atoms in total. The van der Waals surface area contributed by atoms with E-state index >= 15 is 0 Å². The van der Waals surface area contributed by atoms with Gasteiger partial charge in [-0.25, -0.2) is 19.3 Å². The topological polar surface area (TPSA) is 115 Å². The SMILES string of the molecule is Cc1nc2c(c(CO)nn2[C@@H](C)c2ncn(CC(F)(F)F)n2)c(=O)[nH]1. The van der Waals surface area contributed by atoms with Crippen molar-refractivity contribution in [3.8, 4) is 0 Å². The number of aromatic amines is 1. The van der Waals surface area contributed by atoms with Gasteiger partial charge in [0.2, 0.25) is 0 Å². The number of nitrogens with zero attached hydrogens (tertiary/aromatic N) is 6. The lowest BCUT2D eigenvalue weighted by molar-refractivity contribution is -0.142. The number of aliphatic hydroxyl groups excluding tert-OH is 1. The van der Waals surface area contributed by atoms with E-state index in [1.165, 1.54) is 4.68 Å². The number of hydrogen-bond donors (Lipinski definition) is 2. The molecule has 0 saturated carbocycles. The third-order valence-corrected chi connectivity index (χ3v) is 3.54. The average Bonchev–Trinajstić information content (AvgIpc) is 3.09. The van der Waals surface area contributed by atoms with Crippen molar-refractivity contribution in [3.05, 3.63) is 34.0 Å². The van der Waals surface area contributed by atoms with Crippen molar-refractivity contribution in [2.75, 3.05) is 0 Å². The molecule has 3 aromatic heterocycles. The predicted molar refractivity (Wildman–Crippen MR) is 78.7 cm³/mol. The van der Waals surface area contributed by atoms with Gasteiger partial charge < -0.3 is 10.1 Å².